The average Bonchev–Trinajstić information content (AvgIpc) is 2.36. The van der Waals surface area contributed by atoms with E-state index in [2.05, 4.69) is 0 Å². The summed E-state index contributed by atoms with van der Waals surface area (Å²) in [5, 5.41) is 10.9. The fraction of sp³-hybridized carbons (Fsp3) is 0.308. The van der Waals surface area contributed by atoms with Crippen LogP contribution in [0.2, 0.25) is 0 Å². The Labute approximate surface area is 114 Å². The van der Waals surface area contributed by atoms with E-state index in [-0.39, 0.29) is 23.5 Å². The molecule has 0 saturated heterocycles. The van der Waals surface area contributed by atoms with Crippen molar-refractivity contribution in [2.45, 2.75) is 19.8 Å². The zero-order valence-corrected chi connectivity index (χ0v) is 11.0. The second-order valence-corrected chi connectivity index (χ2v) is 4.16. The van der Waals surface area contributed by atoms with E-state index >= 15 is 0 Å². The van der Waals surface area contributed by atoms with Gasteiger partial charge in [-0.05, 0) is 19.1 Å². The second kappa shape index (κ2) is 6.55. The minimum absolute atomic E-state index is 0.203. The van der Waals surface area contributed by atoms with E-state index in [1.54, 1.807) is 0 Å². The van der Waals surface area contributed by atoms with Gasteiger partial charge in [-0.2, -0.15) is 0 Å². The Kier molecular flexibility index (Phi) is 5.08. The lowest BCUT2D eigenvalue weighted by Gasteiger charge is -2.04. The van der Waals surface area contributed by atoms with Gasteiger partial charge >= 0.3 is 0 Å². The summed E-state index contributed by atoms with van der Waals surface area (Å²) >= 11 is 0. The van der Waals surface area contributed by atoms with Crippen molar-refractivity contribution < 1.29 is 24.0 Å². The normalized spacial score (nSPS) is 9.90. The number of Topliss-reactive ketones (excluding diaryl/α,β-unsaturated/α-hetero) is 3. The third-order valence-electron chi connectivity index (χ3n) is 2.50. The maximum absolute atomic E-state index is 11.9. The van der Waals surface area contributed by atoms with Gasteiger partial charge in [0.15, 0.2) is 5.78 Å². The lowest BCUT2D eigenvalue weighted by atomic mass is 10.0. The molecule has 0 radical (unpaired) electrons. The van der Waals surface area contributed by atoms with Crippen molar-refractivity contribution in [3.63, 3.8) is 0 Å². The lowest BCUT2D eigenvalue weighted by Crippen LogP contribution is -2.12. The topological polar surface area (TPSA) is 104 Å². The Balaban J connectivity index is 3.04. The summed E-state index contributed by atoms with van der Waals surface area (Å²) in [6, 6.07) is 3.70. The zero-order valence-electron chi connectivity index (χ0n) is 11.0. The molecular weight excluding hydrogens is 266 g/mol. The number of ketones is 3. The van der Waals surface area contributed by atoms with E-state index in [1.807, 2.05) is 0 Å². The van der Waals surface area contributed by atoms with Gasteiger partial charge in [0.2, 0.25) is 0 Å². The van der Waals surface area contributed by atoms with Crippen LogP contribution in [0.15, 0.2) is 18.2 Å². The van der Waals surface area contributed by atoms with Crippen LogP contribution in [0.1, 0.15) is 30.1 Å². The minimum atomic E-state index is -0.707. The van der Waals surface area contributed by atoms with Crippen LogP contribution in [-0.4, -0.2) is 29.4 Å². The fourth-order valence-corrected chi connectivity index (χ4v) is 1.64. The molecule has 0 saturated carbocycles. The number of nitro benzene ring substituents is 1. The van der Waals surface area contributed by atoms with Crippen molar-refractivity contribution in [1.82, 2.24) is 0 Å². The van der Waals surface area contributed by atoms with E-state index < -0.39 is 28.6 Å². The Morgan fingerprint density at radius 2 is 1.90 bits per heavy atom. The van der Waals surface area contributed by atoms with Gasteiger partial charge in [-0.25, -0.2) is 0 Å². The molecule has 0 fully saturated rings. The van der Waals surface area contributed by atoms with Crippen LogP contribution in [-0.2, 0) is 9.59 Å². The first kappa shape index (κ1) is 15.5. The van der Waals surface area contributed by atoms with Crippen molar-refractivity contribution in [1.29, 1.82) is 0 Å². The van der Waals surface area contributed by atoms with Crippen molar-refractivity contribution in [3.8, 4) is 5.75 Å². The smallest absolute Gasteiger partial charge is 0.280 e. The molecule has 1 aromatic carbocycles. The third kappa shape index (κ3) is 3.98. The highest BCUT2D eigenvalue weighted by atomic mass is 16.6. The van der Waals surface area contributed by atoms with Crippen molar-refractivity contribution in [2.24, 2.45) is 0 Å². The second-order valence-electron chi connectivity index (χ2n) is 4.16. The summed E-state index contributed by atoms with van der Waals surface area (Å²) in [4.78, 5) is 44.3. The molecule has 0 spiro atoms. The molecule has 0 aliphatic carbocycles. The molecule has 1 aromatic rings. The molecular formula is C13H13NO6. The van der Waals surface area contributed by atoms with Gasteiger partial charge < -0.3 is 4.74 Å². The molecule has 0 bridgehead atoms. The van der Waals surface area contributed by atoms with Crippen LogP contribution in [0.4, 0.5) is 5.69 Å². The van der Waals surface area contributed by atoms with Gasteiger partial charge in [-0.1, -0.05) is 0 Å². The van der Waals surface area contributed by atoms with E-state index in [9.17, 15) is 24.5 Å². The van der Waals surface area contributed by atoms with E-state index in [4.69, 9.17) is 4.74 Å². The van der Waals surface area contributed by atoms with Gasteiger partial charge in [0, 0.05) is 6.07 Å². The SMILES string of the molecule is COc1ccc([N+](=O)[O-])c(C(=O)CC(=O)CC(C)=O)c1. The monoisotopic (exact) mass is 279 g/mol. The fourth-order valence-electron chi connectivity index (χ4n) is 1.64. The largest absolute Gasteiger partial charge is 0.497 e. The number of nitrogens with zero attached hydrogens (tertiary/aromatic N) is 1. The van der Waals surface area contributed by atoms with Gasteiger partial charge in [-0.3, -0.25) is 24.5 Å². The third-order valence-corrected chi connectivity index (χ3v) is 2.50. The number of rotatable bonds is 7. The molecule has 7 heteroatoms. The Morgan fingerprint density at radius 1 is 1.25 bits per heavy atom. The first-order valence-corrected chi connectivity index (χ1v) is 5.72. The summed E-state index contributed by atoms with van der Waals surface area (Å²) in [5.74, 6) is -1.36. The first-order chi connectivity index (χ1) is 9.35. The van der Waals surface area contributed by atoms with Crippen molar-refractivity contribution in [2.75, 3.05) is 7.11 Å². The van der Waals surface area contributed by atoms with Gasteiger partial charge in [0.1, 0.15) is 17.3 Å². The molecule has 7 nitrogen and oxygen atoms in total. The molecule has 0 aliphatic heterocycles. The predicted molar refractivity (Wildman–Crippen MR) is 68.9 cm³/mol. The molecule has 1 rings (SSSR count). The van der Waals surface area contributed by atoms with Crippen molar-refractivity contribution >= 4 is 23.0 Å². The minimum Gasteiger partial charge on any atom is -0.497 e. The molecule has 20 heavy (non-hydrogen) atoms. The Bertz CT molecular complexity index is 578. The number of benzene rings is 1. The number of methoxy groups -OCH3 is 1. The van der Waals surface area contributed by atoms with E-state index in [1.165, 1.54) is 26.2 Å². The molecule has 0 aromatic heterocycles. The van der Waals surface area contributed by atoms with Crippen molar-refractivity contribution in [3.05, 3.63) is 33.9 Å². The number of hydrogen-bond acceptors (Lipinski definition) is 6. The number of ether oxygens (including phenoxy) is 1. The molecule has 0 amide bonds. The summed E-state index contributed by atoms with van der Waals surface area (Å²) in [6.07, 6.45) is -0.906. The van der Waals surface area contributed by atoms with Gasteiger partial charge in [-0.15, -0.1) is 0 Å². The van der Waals surface area contributed by atoms with Crippen LogP contribution in [0.25, 0.3) is 0 Å². The van der Waals surface area contributed by atoms with Crippen LogP contribution in [0, 0.1) is 10.1 Å². The quantitative estimate of drug-likeness (QED) is 0.326. The van der Waals surface area contributed by atoms with E-state index in [0.29, 0.717) is 0 Å². The maximum Gasteiger partial charge on any atom is 0.280 e. The highest BCUT2D eigenvalue weighted by Crippen LogP contribution is 2.25. The highest BCUT2D eigenvalue weighted by molar-refractivity contribution is 6.13. The standard InChI is InChI=1S/C13H13NO6/c1-8(15)5-9(16)6-13(17)11-7-10(20-2)3-4-12(11)14(18)19/h3-4,7H,5-6H2,1-2H3. The lowest BCUT2D eigenvalue weighted by molar-refractivity contribution is -0.385. The Hall–Kier alpha value is -2.57. The molecule has 0 atom stereocenters. The molecule has 0 N–H and O–H groups in total. The summed E-state index contributed by atoms with van der Waals surface area (Å²) < 4.78 is 4.90. The molecule has 106 valence electrons. The molecule has 0 aliphatic rings. The number of carbonyl (C=O) groups is 3. The zero-order chi connectivity index (χ0) is 15.3. The first-order valence-electron chi connectivity index (χ1n) is 5.72. The Morgan fingerprint density at radius 3 is 2.40 bits per heavy atom. The number of carbonyl (C=O) groups excluding carboxylic acids is 3. The average molecular weight is 279 g/mol. The predicted octanol–water partition coefficient (Wildman–Crippen LogP) is 1.72. The van der Waals surface area contributed by atoms with Gasteiger partial charge in [0.05, 0.1) is 30.4 Å². The van der Waals surface area contributed by atoms with Crippen LogP contribution in [0.5, 0.6) is 5.75 Å². The highest BCUT2D eigenvalue weighted by Gasteiger charge is 2.23. The van der Waals surface area contributed by atoms with Crippen LogP contribution in [0.3, 0.4) is 0 Å². The summed E-state index contributed by atoms with van der Waals surface area (Å²) in [6.45, 7) is 1.23. The maximum atomic E-state index is 11.9. The van der Waals surface area contributed by atoms with Crippen LogP contribution >= 0.6 is 0 Å². The summed E-state index contributed by atoms with van der Waals surface area (Å²) in [7, 11) is 1.36. The summed E-state index contributed by atoms with van der Waals surface area (Å²) in [5.41, 5.74) is -0.599. The number of nitro groups is 1. The van der Waals surface area contributed by atoms with E-state index in [0.717, 1.165) is 6.07 Å². The van der Waals surface area contributed by atoms with Gasteiger partial charge in [0.25, 0.3) is 5.69 Å². The van der Waals surface area contributed by atoms with Crippen LogP contribution < -0.4 is 4.74 Å². The molecule has 0 unspecified atom stereocenters. The molecule has 0 heterocycles. The number of hydrogen-bond donors (Lipinski definition) is 0.